The Morgan fingerprint density at radius 2 is 2.08 bits per heavy atom. The number of halogens is 1. The van der Waals surface area contributed by atoms with Gasteiger partial charge in [0.1, 0.15) is 14.9 Å². The third kappa shape index (κ3) is 3.67. The number of methoxy groups -OCH3 is 1. The number of ether oxygens (including phenoxy) is 1. The molecule has 0 atom stereocenters. The van der Waals surface area contributed by atoms with E-state index in [1.807, 2.05) is 24.3 Å². The molecule has 3 rings (SSSR count). The number of thiophene rings is 1. The van der Waals surface area contributed by atoms with E-state index in [4.69, 9.17) is 11.6 Å². The van der Waals surface area contributed by atoms with Gasteiger partial charge in [-0.2, -0.15) is 0 Å². The molecule has 0 aliphatic heterocycles. The van der Waals surface area contributed by atoms with Crippen molar-refractivity contribution in [2.24, 2.45) is 0 Å². The standard InChI is InChI=1S/C17H11ClN2O4S/c1-24-17(21)15-9-13(20(22)23)14(25-15)6-3-10-2-5-12-11(8-10)4-7-16(18)19-12/h2-9H,1H3. The minimum absolute atomic E-state index is 0.129. The molecular weight excluding hydrogens is 364 g/mol. The zero-order valence-corrected chi connectivity index (χ0v) is 14.5. The fourth-order valence-corrected chi connectivity index (χ4v) is 3.36. The zero-order valence-electron chi connectivity index (χ0n) is 12.9. The number of hydrogen-bond donors (Lipinski definition) is 0. The van der Waals surface area contributed by atoms with Crippen molar-refractivity contribution >= 4 is 57.6 Å². The highest BCUT2D eigenvalue weighted by molar-refractivity contribution is 7.15. The molecule has 2 aromatic heterocycles. The fourth-order valence-electron chi connectivity index (χ4n) is 2.25. The van der Waals surface area contributed by atoms with Crippen LogP contribution in [-0.4, -0.2) is 23.0 Å². The first-order valence-electron chi connectivity index (χ1n) is 7.09. The topological polar surface area (TPSA) is 82.3 Å². The van der Waals surface area contributed by atoms with E-state index in [1.54, 1.807) is 18.2 Å². The van der Waals surface area contributed by atoms with E-state index in [0.29, 0.717) is 10.0 Å². The Bertz CT molecular complexity index is 1010. The van der Waals surface area contributed by atoms with Crippen molar-refractivity contribution in [2.45, 2.75) is 0 Å². The molecule has 1 aromatic carbocycles. The highest BCUT2D eigenvalue weighted by Gasteiger charge is 2.21. The minimum Gasteiger partial charge on any atom is -0.465 e. The first-order valence-corrected chi connectivity index (χ1v) is 8.28. The number of aromatic nitrogens is 1. The Kier molecular flexibility index (Phi) is 4.78. The molecule has 0 saturated carbocycles. The molecule has 0 spiro atoms. The Morgan fingerprint density at radius 1 is 1.28 bits per heavy atom. The van der Waals surface area contributed by atoms with Gasteiger partial charge in [-0.15, -0.1) is 11.3 Å². The third-order valence-corrected chi connectivity index (χ3v) is 4.71. The van der Waals surface area contributed by atoms with Crippen LogP contribution < -0.4 is 0 Å². The summed E-state index contributed by atoms with van der Waals surface area (Å²) in [6.07, 6.45) is 3.35. The first kappa shape index (κ1) is 17.1. The predicted molar refractivity (Wildman–Crippen MR) is 98.0 cm³/mol. The Hall–Kier alpha value is -2.77. The molecule has 0 saturated heterocycles. The molecule has 126 valence electrons. The summed E-state index contributed by atoms with van der Waals surface area (Å²) < 4.78 is 4.61. The van der Waals surface area contributed by atoms with E-state index in [0.717, 1.165) is 27.8 Å². The van der Waals surface area contributed by atoms with Crippen LogP contribution in [0.25, 0.3) is 23.1 Å². The van der Waals surface area contributed by atoms with Gasteiger partial charge in [0.15, 0.2) is 0 Å². The Balaban J connectivity index is 1.96. The van der Waals surface area contributed by atoms with Gasteiger partial charge >= 0.3 is 5.97 Å². The summed E-state index contributed by atoms with van der Waals surface area (Å²) >= 11 is 6.87. The highest BCUT2D eigenvalue weighted by Crippen LogP contribution is 2.31. The average Bonchev–Trinajstić information content (AvgIpc) is 3.03. The van der Waals surface area contributed by atoms with Crippen LogP contribution in [0.4, 0.5) is 5.69 Å². The van der Waals surface area contributed by atoms with Gasteiger partial charge in [-0.3, -0.25) is 10.1 Å². The summed E-state index contributed by atoms with van der Waals surface area (Å²) in [6, 6.07) is 10.3. The number of hydrogen-bond acceptors (Lipinski definition) is 6. The van der Waals surface area contributed by atoms with Crippen LogP contribution >= 0.6 is 22.9 Å². The summed E-state index contributed by atoms with van der Waals surface area (Å²) in [5.74, 6) is -0.596. The molecule has 6 nitrogen and oxygen atoms in total. The quantitative estimate of drug-likeness (QED) is 0.283. The molecule has 0 unspecified atom stereocenters. The zero-order chi connectivity index (χ0) is 18.0. The Labute approximate surface area is 151 Å². The largest absolute Gasteiger partial charge is 0.465 e. The lowest BCUT2D eigenvalue weighted by molar-refractivity contribution is -0.384. The number of esters is 1. The van der Waals surface area contributed by atoms with Gasteiger partial charge in [-0.05, 0) is 35.9 Å². The van der Waals surface area contributed by atoms with Gasteiger partial charge in [-0.25, -0.2) is 9.78 Å². The van der Waals surface area contributed by atoms with E-state index in [9.17, 15) is 14.9 Å². The number of rotatable bonds is 4. The second-order valence-corrected chi connectivity index (χ2v) is 6.50. The SMILES string of the molecule is COC(=O)c1cc([N+](=O)[O-])c(C=Cc2ccc3nc(Cl)ccc3c2)s1. The third-order valence-electron chi connectivity index (χ3n) is 3.43. The van der Waals surface area contributed by atoms with E-state index in [-0.39, 0.29) is 10.6 Å². The van der Waals surface area contributed by atoms with Crippen molar-refractivity contribution < 1.29 is 14.5 Å². The maximum absolute atomic E-state index is 11.6. The molecule has 25 heavy (non-hydrogen) atoms. The predicted octanol–water partition coefficient (Wildman–Crippen LogP) is 4.81. The van der Waals surface area contributed by atoms with Gasteiger partial charge in [0.25, 0.3) is 5.69 Å². The summed E-state index contributed by atoms with van der Waals surface area (Å²) in [5.41, 5.74) is 1.48. The molecule has 8 heteroatoms. The van der Waals surface area contributed by atoms with Gasteiger partial charge in [0.05, 0.1) is 17.5 Å². The van der Waals surface area contributed by atoms with Crippen molar-refractivity contribution in [1.82, 2.24) is 4.98 Å². The van der Waals surface area contributed by atoms with E-state index in [1.165, 1.54) is 13.2 Å². The number of nitro groups is 1. The van der Waals surface area contributed by atoms with Crippen LogP contribution in [0.2, 0.25) is 5.15 Å². The normalized spacial score (nSPS) is 11.1. The average molecular weight is 375 g/mol. The summed E-state index contributed by atoms with van der Waals surface area (Å²) in [6.45, 7) is 0. The second-order valence-electron chi connectivity index (χ2n) is 5.03. The first-order chi connectivity index (χ1) is 12.0. The monoisotopic (exact) mass is 374 g/mol. The van der Waals surface area contributed by atoms with Crippen LogP contribution in [0, 0.1) is 10.1 Å². The van der Waals surface area contributed by atoms with Crippen LogP contribution in [0.1, 0.15) is 20.1 Å². The smallest absolute Gasteiger partial charge is 0.348 e. The van der Waals surface area contributed by atoms with Crippen LogP contribution in [0.3, 0.4) is 0 Å². The van der Waals surface area contributed by atoms with Crippen molar-refractivity contribution in [3.05, 3.63) is 67.0 Å². The maximum Gasteiger partial charge on any atom is 0.348 e. The Morgan fingerprint density at radius 3 is 2.80 bits per heavy atom. The van der Waals surface area contributed by atoms with E-state index >= 15 is 0 Å². The van der Waals surface area contributed by atoms with Crippen molar-refractivity contribution in [3.8, 4) is 0 Å². The van der Waals surface area contributed by atoms with E-state index < -0.39 is 10.9 Å². The van der Waals surface area contributed by atoms with Crippen molar-refractivity contribution in [3.63, 3.8) is 0 Å². The van der Waals surface area contributed by atoms with Crippen molar-refractivity contribution in [2.75, 3.05) is 7.11 Å². The van der Waals surface area contributed by atoms with Crippen LogP contribution in [0.15, 0.2) is 36.4 Å². The summed E-state index contributed by atoms with van der Waals surface area (Å²) in [5, 5.41) is 12.5. The molecule has 0 amide bonds. The van der Waals surface area contributed by atoms with Crippen molar-refractivity contribution in [1.29, 1.82) is 0 Å². The van der Waals surface area contributed by atoms with Gasteiger partial charge in [-0.1, -0.05) is 23.7 Å². The second kappa shape index (κ2) is 7.00. The molecule has 2 heterocycles. The number of nitrogens with zero attached hydrogens (tertiary/aromatic N) is 2. The molecule has 0 radical (unpaired) electrons. The summed E-state index contributed by atoms with van der Waals surface area (Å²) in [4.78, 5) is 27.0. The molecule has 0 aliphatic carbocycles. The van der Waals surface area contributed by atoms with E-state index in [2.05, 4.69) is 9.72 Å². The maximum atomic E-state index is 11.6. The molecule has 0 aliphatic rings. The minimum atomic E-state index is -0.596. The number of carbonyl (C=O) groups excluding carboxylic acids is 1. The lowest BCUT2D eigenvalue weighted by Gasteiger charge is -1.99. The molecule has 0 bridgehead atoms. The van der Waals surface area contributed by atoms with Crippen LogP contribution in [0.5, 0.6) is 0 Å². The number of fused-ring (bicyclic) bond motifs is 1. The highest BCUT2D eigenvalue weighted by atomic mass is 35.5. The molecule has 3 aromatic rings. The molecule has 0 N–H and O–H groups in total. The number of benzene rings is 1. The summed E-state index contributed by atoms with van der Waals surface area (Å²) in [7, 11) is 1.23. The van der Waals surface area contributed by atoms with Gasteiger partial charge in [0.2, 0.25) is 0 Å². The lowest BCUT2D eigenvalue weighted by Crippen LogP contribution is -1.97. The fraction of sp³-hybridized carbons (Fsp3) is 0.0588. The van der Waals surface area contributed by atoms with Crippen LogP contribution in [-0.2, 0) is 4.74 Å². The van der Waals surface area contributed by atoms with Gasteiger partial charge in [0, 0.05) is 11.5 Å². The lowest BCUT2D eigenvalue weighted by atomic mass is 10.1. The molecule has 0 fully saturated rings. The number of pyridine rings is 1. The van der Waals surface area contributed by atoms with Gasteiger partial charge < -0.3 is 4.74 Å². The number of carbonyl (C=O) groups is 1. The molecular formula is C17H11ClN2O4S.